The zero-order valence-corrected chi connectivity index (χ0v) is 15.6. The lowest BCUT2D eigenvalue weighted by Gasteiger charge is -2.36. The van der Waals surface area contributed by atoms with Gasteiger partial charge in [-0.2, -0.15) is 0 Å². The summed E-state index contributed by atoms with van der Waals surface area (Å²) in [6.45, 7) is 17.4. The summed E-state index contributed by atoms with van der Waals surface area (Å²) < 4.78 is 7.05. The summed E-state index contributed by atoms with van der Waals surface area (Å²) >= 11 is 3.29. The van der Waals surface area contributed by atoms with Gasteiger partial charge in [-0.15, -0.1) is 5.92 Å². The van der Waals surface area contributed by atoms with Crippen molar-refractivity contribution < 1.29 is 4.43 Å². The minimum Gasteiger partial charge on any atom is -0.417 e. The highest BCUT2D eigenvalue weighted by Gasteiger charge is 2.36. The highest BCUT2D eigenvalue weighted by atomic mass is 79.9. The topological polar surface area (TPSA) is 21.3 Å². The SMILES string of the molecule is C=C(Br)CNCC#CCCCO[Si](C)(C)C(C)(C)C. The first-order chi connectivity index (χ1) is 8.67. The monoisotopic (exact) mass is 345 g/mol. The summed E-state index contributed by atoms with van der Waals surface area (Å²) in [7, 11) is -1.57. The van der Waals surface area contributed by atoms with Gasteiger partial charge in [-0.05, 0) is 24.6 Å². The van der Waals surface area contributed by atoms with Crippen molar-refractivity contribution in [1.82, 2.24) is 5.32 Å². The van der Waals surface area contributed by atoms with Crippen LogP contribution >= 0.6 is 15.9 Å². The molecular weight excluding hydrogens is 318 g/mol. The Morgan fingerprint density at radius 1 is 1.32 bits per heavy atom. The molecule has 0 saturated carbocycles. The Kier molecular flexibility index (Phi) is 8.92. The van der Waals surface area contributed by atoms with Crippen LogP contribution in [0.25, 0.3) is 0 Å². The van der Waals surface area contributed by atoms with E-state index in [2.05, 4.69) is 73.5 Å². The van der Waals surface area contributed by atoms with Gasteiger partial charge < -0.3 is 9.74 Å². The Morgan fingerprint density at radius 3 is 2.47 bits per heavy atom. The van der Waals surface area contributed by atoms with Gasteiger partial charge in [-0.1, -0.05) is 49.2 Å². The quantitative estimate of drug-likeness (QED) is 0.422. The van der Waals surface area contributed by atoms with E-state index < -0.39 is 8.32 Å². The minimum atomic E-state index is -1.57. The van der Waals surface area contributed by atoms with E-state index in [0.29, 0.717) is 11.6 Å². The molecule has 1 N–H and O–H groups in total. The van der Waals surface area contributed by atoms with Crippen molar-refractivity contribution in [3.8, 4) is 11.8 Å². The summed E-state index contributed by atoms with van der Waals surface area (Å²) in [4.78, 5) is 0. The van der Waals surface area contributed by atoms with Gasteiger partial charge in [0.1, 0.15) is 0 Å². The van der Waals surface area contributed by atoms with Gasteiger partial charge in [-0.25, -0.2) is 0 Å². The second kappa shape index (κ2) is 8.96. The van der Waals surface area contributed by atoms with Crippen molar-refractivity contribution in [2.75, 3.05) is 19.7 Å². The van der Waals surface area contributed by atoms with Crippen LogP contribution in [0.5, 0.6) is 0 Å². The van der Waals surface area contributed by atoms with Gasteiger partial charge in [0.25, 0.3) is 0 Å². The zero-order valence-electron chi connectivity index (χ0n) is 13.0. The Bertz CT molecular complexity index is 336. The highest BCUT2D eigenvalue weighted by molar-refractivity contribution is 9.11. The minimum absolute atomic E-state index is 0.292. The number of unbranched alkanes of at least 4 members (excludes halogenated alkanes) is 1. The third kappa shape index (κ3) is 9.45. The maximum Gasteiger partial charge on any atom is 0.191 e. The van der Waals surface area contributed by atoms with E-state index in [1.165, 1.54) is 0 Å². The fourth-order valence-electron chi connectivity index (χ4n) is 1.12. The molecular formula is C15H28BrNOSi. The fraction of sp³-hybridized carbons (Fsp3) is 0.733. The van der Waals surface area contributed by atoms with Crippen molar-refractivity contribution in [2.45, 2.75) is 51.7 Å². The molecule has 0 amide bonds. The fourth-order valence-corrected chi connectivity index (χ4v) is 2.40. The van der Waals surface area contributed by atoms with Gasteiger partial charge in [0.15, 0.2) is 8.32 Å². The number of rotatable bonds is 7. The van der Waals surface area contributed by atoms with Gasteiger partial charge in [0, 0.05) is 24.1 Å². The standard InChI is InChI=1S/C15H28BrNOSi/c1-14(16)13-17-11-9-7-8-10-12-18-19(5,6)15(2,3)4/h17H,1,8,10-13H2,2-6H3. The van der Waals surface area contributed by atoms with Crippen molar-refractivity contribution in [3.05, 3.63) is 11.1 Å². The number of halogens is 1. The lowest BCUT2D eigenvalue weighted by molar-refractivity contribution is 0.284. The first-order valence-electron chi connectivity index (χ1n) is 6.80. The van der Waals surface area contributed by atoms with Crippen molar-refractivity contribution in [2.24, 2.45) is 0 Å². The summed E-state index contributed by atoms with van der Waals surface area (Å²) in [5.74, 6) is 6.26. The van der Waals surface area contributed by atoms with Gasteiger partial charge >= 0.3 is 0 Å². The predicted octanol–water partition coefficient (Wildman–Crippen LogP) is 4.29. The lowest BCUT2D eigenvalue weighted by atomic mass is 10.2. The number of hydrogen-bond acceptors (Lipinski definition) is 2. The Balaban J connectivity index is 3.66. The largest absolute Gasteiger partial charge is 0.417 e. The first kappa shape index (κ1) is 18.9. The molecule has 0 fully saturated rings. The van der Waals surface area contributed by atoms with E-state index in [9.17, 15) is 0 Å². The third-order valence-electron chi connectivity index (χ3n) is 3.37. The van der Waals surface area contributed by atoms with Crippen LogP contribution in [0.1, 0.15) is 33.6 Å². The van der Waals surface area contributed by atoms with Crippen LogP contribution in [0, 0.1) is 11.8 Å². The lowest BCUT2D eigenvalue weighted by Crippen LogP contribution is -2.40. The van der Waals surface area contributed by atoms with Crippen LogP contribution in [0.3, 0.4) is 0 Å². The maximum absolute atomic E-state index is 6.09. The van der Waals surface area contributed by atoms with Crippen LogP contribution < -0.4 is 5.32 Å². The van der Waals surface area contributed by atoms with E-state index in [4.69, 9.17) is 4.43 Å². The van der Waals surface area contributed by atoms with E-state index in [-0.39, 0.29) is 0 Å². The maximum atomic E-state index is 6.09. The van der Waals surface area contributed by atoms with Crippen LogP contribution in [0.2, 0.25) is 18.1 Å². The second-order valence-electron chi connectivity index (χ2n) is 6.19. The second-order valence-corrected chi connectivity index (χ2v) is 12.1. The van der Waals surface area contributed by atoms with Crippen LogP contribution in [0.15, 0.2) is 11.1 Å². The Morgan fingerprint density at radius 2 is 1.95 bits per heavy atom. The molecule has 0 bridgehead atoms. The van der Waals surface area contributed by atoms with Gasteiger partial charge in [0.2, 0.25) is 0 Å². The smallest absolute Gasteiger partial charge is 0.191 e. The molecule has 0 atom stereocenters. The Labute approximate surface area is 128 Å². The molecule has 0 saturated heterocycles. The average molecular weight is 346 g/mol. The van der Waals surface area contributed by atoms with Gasteiger partial charge in [0.05, 0.1) is 6.54 Å². The number of hydrogen-bond donors (Lipinski definition) is 1. The van der Waals surface area contributed by atoms with E-state index in [1.54, 1.807) is 0 Å². The molecule has 0 spiro atoms. The molecule has 0 aromatic rings. The molecule has 0 aromatic heterocycles. The summed E-state index contributed by atoms with van der Waals surface area (Å²) in [5.41, 5.74) is 0. The molecule has 0 heterocycles. The van der Waals surface area contributed by atoms with Crippen molar-refractivity contribution in [3.63, 3.8) is 0 Å². The molecule has 0 aromatic carbocycles. The first-order valence-corrected chi connectivity index (χ1v) is 10.5. The average Bonchev–Trinajstić information content (AvgIpc) is 2.24. The molecule has 0 aliphatic rings. The third-order valence-corrected chi connectivity index (χ3v) is 8.19. The van der Waals surface area contributed by atoms with Crippen molar-refractivity contribution >= 4 is 24.2 Å². The number of nitrogens with one attached hydrogen (secondary N) is 1. The van der Waals surface area contributed by atoms with Gasteiger partial charge in [-0.3, -0.25) is 0 Å². The molecule has 2 nitrogen and oxygen atoms in total. The molecule has 4 heteroatoms. The highest BCUT2D eigenvalue weighted by Crippen LogP contribution is 2.36. The van der Waals surface area contributed by atoms with Crippen LogP contribution in [-0.2, 0) is 4.43 Å². The van der Waals surface area contributed by atoms with E-state index in [1.807, 2.05) is 0 Å². The molecule has 0 unspecified atom stereocenters. The van der Waals surface area contributed by atoms with Crippen LogP contribution in [-0.4, -0.2) is 28.0 Å². The van der Waals surface area contributed by atoms with E-state index >= 15 is 0 Å². The van der Waals surface area contributed by atoms with Crippen LogP contribution in [0.4, 0.5) is 0 Å². The molecule has 110 valence electrons. The normalized spacial score (nSPS) is 11.9. The van der Waals surface area contributed by atoms with E-state index in [0.717, 1.165) is 30.5 Å². The summed E-state index contributed by atoms with van der Waals surface area (Å²) in [6, 6.07) is 0. The molecule has 0 radical (unpaired) electrons. The zero-order chi connectivity index (χ0) is 14.9. The van der Waals surface area contributed by atoms with Crippen molar-refractivity contribution in [1.29, 1.82) is 0 Å². The predicted molar refractivity (Wildman–Crippen MR) is 91.1 cm³/mol. The molecule has 0 aliphatic carbocycles. The summed E-state index contributed by atoms with van der Waals surface area (Å²) in [6.07, 6.45) is 1.93. The molecule has 0 aliphatic heterocycles. The Hall–Kier alpha value is -0.0831. The molecule has 0 rings (SSSR count). The summed E-state index contributed by atoms with van der Waals surface area (Å²) in [5, 5.41) is 3.47. The molecule has 19 heavy (non-hydrogen) atoms.